The minimum absolute atomic E-state index is 0.232. The summed E-state index contributed by atoms with van der Waals surface area (Å²) in [5, 5.41) is 3.15. The van der Waals surface area contributed by atoms with Crippen molar-refractivity contribution >= 4 is 21.5 Å². The number of ether oxygens (including phenoxy) is 1. The molecule has 8 heteroatoms. The van der Waals surface area contributed by atoms with Gasteiger partial charge in [0.15, 0.2) is 0 Å². The van der Waals surface area contributed by atoms with Crippen molar-refractivity contribution in [2.24, 2.45) is 0 Å². The van der Waals surface area contributed by atoms with E-state index in [9.17, 15) is 8.42 Å². The quantitative estimate of drug-likeness (QED) is 0.678. The van der Waals surface area contributed by atoms with Gasteiger partial charge in [-0.25, -0.2) is 17.7 Å². The van der Waals surface area contributed by atoms with E-state index < -0.39 is 10.0 Å². The third-order valence-corrected chi connectivity index (χ3v) is 5.87. The van der Waals surface area contributed by atoms with E-state index in [0.29, 0.717) is 17.3 Å². The average Bonchev–Trinajstić information content (AvgIpc) is 2.65. The predicted octanol–water partition coefficient (Wildman–Crippen LogP) is 3.88. The fourth-order valence-electron chi connectivity index (χ4n) is 2.52. The summed E-state index contributed by atoms with van der Waals surface area (Å²) in [6.45, 7) is 3.83. The number of nitrogens with zero attached hydrogens (tertiary/aromatic N) is 3. The number of sulfonamides is 1. The molecule has 2 aromatic heterocycles. The number of aromatic nitrogens is 2. The first-order chi connectivity index (χ1) is 13.3. The highest BCUT2D eigenvalue weighted by Crippen LogP contribution is 2.26. The maximum absolute atomic E-state index is 12.1. The van der Waals surface area contributed by atoms with Gasteiger partial charge in [-0.15, -0.1) is 0 Å². The number of rotatable bonds is 6. The monoisotopic (exact) mass is 398 g/mol. The van der Waals surface area contributed by atoms with E-state index in [1.807, 2.05) is 26.0 Å². The minimum Gasteiger partial charge on any atom is -0.455 e. The second-order valence-electron chi connectivity index (χ2n) is 6.45. The van der Waals surface area contributed by atoms with Crippen molar-refractivity contribution in [3.63, 3.8) is 0 Å². The van der Waals surface area contributed by atoms with E-state index in [1.54, 1.807) is 42.6 Å². The lowest BCUT2D eigenvalue weighted by Gasteiger charge is -2.13. The lowest BCUT2D eigenvalue weighted by Crippen LogP contribution is -2.22. The first kappa shape index (κ1) is 19.8. The lowest BCUT2D eigenvalue weighted by molar-refractivity contribution is 0.475. The van der Waals surface area contributed by atoms with Crippen LogP contribution in [-0.4, -0.2) is 36.8 Å². The molecule has 2 heterocycles. The first-order valence-corrected chi connectivity index (χ1v) is 10.1. The Hall–Kier alpha value is -2.97. The van der Waals surface area contributed by atoms with E-state index in [2.05, 4.69) is 15.3 Å². The van der Waals surface area contributed by atoms with E-state index in [-0.39, 0.29) is 4.90 Å². The Bertz CT molecular complexity index is 1080. The first-order valence-electron chi connectivity index (χ1n) is 8.63. The Labute approximate surface area is 165 Å². The van der Waals surface area contributed by atoms with Crippen LogP contribution in [0.4, 0.5) is 11.5 Å². The zero-order chi connectivity index (χ0) is 20.3. The van der Waals surface area contributed by atoms with Gasteiger partial charge in [-0.1, -0.05) is 0 Å². The van der Waals surface area contributed by atoms with Crippen molar-refractivity contribution in [1.82, 2.24) is 14.3 Å². The predicted molar refractivity (Wildman–Crippen MR) is 109 cm³/mol. The molecular weight excluding hydrogens is 376 g/mol. The van der Waals surface area contributed by atoms with Gasteiger partial charge >= 0.3 is 0 Å². The fraction of sp³-hybridized carbons (Fsp3) is 0.200. The van der Waals surface area contributed by atoms with Crippen LogP contribution in [0.3, 0.4) is 0 Å². The third kappa shape index (κ3) is 4.47. The molecule has 0 aliphatic heterocycles. The highest BCUT2D eigenvalue weighted by molar-refractivity contribution is 7.89. The van der Waals surface area contributed by atoms with Gasteiger partial charge in [-0.2, -0.15) is 0 Å². The molecule has 146 valence electrons. The van der Waals surface area contributed by atoms with Crippen LogP contribution >= 0.6 is 0 Å². The van der Waals surface area contributed by atoms with Gasteiger partial charge in [0.1, 0.15) is 17.3 Å². The van der Waals surface area contributed by atoms with Crippen LogP contribution in [0.25, 0.3) is 0 Å². The molecule has 7 nitrogen and oxygen atoms in total. The van der Waals surface area contributed by atoms with Crippen LogP contribution in [0.15, 0.2) is 59.6 Å². The van der Waals surface area contributed by atoms with Crippen molar-refractivity contribution in [1.29, 1.82) is 0 Å². The number of anilines is 2. The van der Waals surface area contributed by atoms with Crippen molar-refractivity contribution in [2.45, 2.75) is 18.7 Å². The fourth-order valence-corrected chi connectivity index (χ4v) is 3.42. The molecule has 0 amide bonds. The molecule has 0 radical (unpaired) electrons. The van der Waals surface area contributed by atoms with E-state index in [1.165, 1.54) is 18.4 Å². The Morgan fingerprint density at radius 1 is 1.00 bits per heavy atom. The SMILES string of the molecule is Cc1ccc(Oc2ccnc(Nc3ccc(S(=O)(=O)N(C)C)cc3)c2)c(C)n1. The molecule has 0 aliphatic carbocycles. The Morgan fingerprint density at radius 2 is 1.71 bits per heavy atom. The van der Waals surface area contributed by atoms with E-state index in [4.69, 9.17) is 4.74 Å². The smallest absolute Gasteiger partial charge is 0.242 e. The van der Waals surface area contributed by atoms with Crippen molar-refractivity contribution in [3.8, 4) is 11.5 Å². The zero-order valence-corrected chi connectivity index (χ0v) is 17.0. The second kappa shape index (κ2) is 7.95. The summed E-state index contributed by atoms with van der Waals surface area (Å²) in [5.74, 6) is 1.89. The Balaban J connectivity index is 1.76. The van der Waals surface area contributed by atoms with Gasteiger partial charge in [-0.3, -0.25) is 4.98 Å². The molecule has 3 aromatic rings. The molecule has 0 bridgehead atoms. The number of pyridine rings is 2. The molecule has 0 fully saturated rings. The standard InChI is InChI=1S/C20H22N4O3S/c1-14-5-10-19(15(2)22-14)27-17-11-12-21-20(13-17)23-16-6-8-18(9-7-16)28(25,26)24(3)4/h5-13H,1-4H3,(H,21,23). The van der Waals surface area contributed by atoms with Crippen LogP contribution in [0, 0.1) is 13.8 Å². The Kier molecular flexibility index (Phi) is 5.62. The number of aryl methyl sites for hydroxylation is 2. The molecule has 1 N–H and O–H groups in total. The molecule has 0 unspecified atom stereocenters. The maximum Gasteiger partial charge on any atom is 0.242 e. The second-order valence-corrected chi connectivity index (χ2v) is 8.60. The highest BCUT2D eigenvalue weighted by Gasteiger charge is 2.16. The van der Waals surface area contributed by atoms with Crippen LogP contribution in [0.2, 0.25) is 0 Å². The van der Waals surface area contributed by atoms with Gasteiger partial charge in [0.25, 0.3) is 0 Å². The maximum atomic E-state index is 12.1. The van der Waals surface area contributed by atoms with Crippen LogP contribution in [-0.2, 0) is 10.0 Å². The molecular formula is C20H22N4O3S. The summed E-state index contributed by atoms with van der Waals surface area (Å²) in [7, 11) is -0.447. The molecule has 0 saturated carbocycles. The van der Waals surface area contributed by atoms with Gasteiger partial charge in [-0.05, 0) is 56.3 Å². The van der Waals surface area contributed by atoms with Crippen molar-refractivity contribution in [2.75, 3.05) is 19.4 Å². The van der Waals surface area contributed by atoms with Gasteiger partial charge in [0.05, 0.1) is 10.6 Å². The largest absolute Gasteiger partial charge is 0.455 e. The Morgan fingerprint density at radius 3 is 2.36 bits per heavy atom. The molecule has 28 heavy (non-hydrogen) atoms. The van der Waals surface area contributed by atoms with Crippen molar-refractivity contribution in [3.05, 3.63) is 66.1 Å². The van der Waals surface area contributed by atoms with Gasteiger partial charge < -0.3 is 10.1 Å². The molecule has 1 aromatic carbocycles. The molecule has 0 aliphatic rings. The summed E-state index contributed by atoms with van der Waals surface area (Å²) in [6, 6.07) is 13.8. The summed E-state index contributed by atoms with van der Waals surface area (Å²) in [4.78, 5) is 8.90. The average molecular weight is 398 g/mol. The topological polar surface area (TPSA) is 84.4 Å². The molecule has 3 rings (SSSR count). The highest BCUT2D eigenvalue weighted by atomic mass is 32.2. The minimum atomic E-state index is -3.45. The number of hydrogen-bond donors (Lipinski definition) is 1. The van der Waals surface area contributed by atoms with Crippen molar-refractivity contribution < 1.29 is 13.2 Å². The van der Waals surface area contributed by atoms with Crippen LogP contribution in [0.1, 0.15) is 11.4 Å². The van der Waals surface area contributed by atoms with Crippen LogP contribution in [0.5, 0.6) is 11.5 Å². The normalized spacial score (nSPS) is 11.5. The number of hydrogen-bond acceptors (Lipinski definition) is 6. The van der Waals surface area contributed by atoms with Gasteiger partial charge in [0.2, 0.25) is 10.0 Å². The van der Waals surface area contributed by atoms with E-state index >= 15 is 0 Å². The number of benzene rings is 1. The molecule has 0 atom stereocenters. The third-order valence-electron chi connectivity index (χ3n) is 4.04. The summed E-state index contributed by atoms with van der Waals surface area (Å²) in [6.07, 6.45) is 1.64. The summed E-state index contributed by atoms with van der Waals surface area (Å²) >= 11 is 0. The zero-order valence-electron chi connectivity index (χ0n) is 16.2. The summed E-state index contributed by atoms with van der Waals surface area (Å²) in [5.41, 5.74) is 2.46. The summed E-state index contributed by atoms with van der Waals surface area (Å²) < 4.78 is 31.4. The molecule has 0 spiro atoms. The molecule has 0 saturated heterocycles. The lowest BCUT2D eigenvalue weighted by atomic mass is 10.3. The van der Waals surface area contributed by atoms with E-state index in [0.717, 1.165) is 17.1 Å². The number of nitrogens with one attached hydrogen (secondary N) is 1. The van der Waals surface area contributed by atoms with Crippen LogP contribution < -0.4 is 10.1 Å². The van der Waals surface area contributed by atoms with Gasteiger partial charge in [0, 0.05) is 37.7 Å².